The molecular formula is C11H12O3S. The first-order chi connectivity index (χ1) is 7.20. The summed E-state index contributed by atoms with van der Waals surface area (Å²) in [6.07, 6.45) is 4.47. The van der Waals surface area contributed by atoms with Crippen molar-refractivity contribution in [2.75, 3.05) is 6.26 Å². The molecule has 0 aliphatic heterocycles. The topological polar surface area (TPSA) is 46.5 Å². The Kier molecular flexibility index (Phi) is 2.86. The number of carbonyl (C=O) groups is 1. The molecule has 0 aromatic heterocycles. The number of benzene rings is 1. The van der Waals surface area contributed by atoms with Gasteiger partial charge in [-0.1, -0.05) is 0 Å². The van der Waals surface area contributed by atoms with E-state index in [0.29, 0.717) is 11.7 Å². The van der Waals surface area contributed by atoms with E-state index in [9.17, 15) is 4.79 Å². The van der Waals surface area contributed by atoms with E-state index >= 15 is 0 Å². The molecule has 0 heterocycles. The zero-order valence-corrected chi connectivity index (χ0v) is 9.21. The van der Waals surface area contributed by atoms with Gasteiger partial charge in [-0.15, -0.1) is 11.8 Å². The standard InChI is InChI=1S/C11H12O3S/c1-15-10-6-7(11(12)13)2-5-9(10)14-8-3-4-8/h2,5-6,8H,3-4H2,1H3,(H,12,13). The van der Waals surface area contributed by atoms with Gasteiger partial charge in [0.1, 0.15) is 5.75 Å². The molecule has 1 saturated carbocycles. The second-order valence-electron chi connectivity index (χ2n) is 3.49. The molecular weight excluding hydrogens is 212 g/mol. The summed E-state index contributed by atoms with van der Waals surface area (Å²) in [6.45, 7) is 0. The van der Waals surface area contributed by atoms with Gasteiger partial charge >= 0.3 is 5.97 Å². The molecule has 0 radical (unpaired) electrons. The van der Waals surface area contributed by atoms with E-state index in [0.717, 1.165) is 23.5 Å². The van der Waals surface area contributed by atoms with Crippen LogP contribution in [0.3, 0.4) is 0 Å². The zero-order chi connectivity index (χ0) is 10.8. The summed E-state index contributed by atoms with van der Waals surface area (Å²) in [6, 6.07) is 4.98. The lowest BCUT2D eigenvalue weighted by Crippen LogP contribution is -2.00. The smallest absolute Gasteiger partial charge is 0.335 e. The predicted molar refractivity (Wildman–Crippen MR) is 58.8 cm³/mol. The number of thioether (sulfide) groups is 1. The maximum absolute atomic E-state index is 10.8. The van der Waals surface area contributed by atoms with Crippen LogP contribution < -0.4 is 4.74 Å². The Morgan fingerprint density at radius 1 is 1.53 bits per heavy atom. The van der Waals surface area contributed by atoms with Crippen LogP contribution in [0.5, 0.6) is 5.75 Å². The highest BCUT2D eigenvalue weighted by molar-refractivity contribution is 7.98. The van der Waals surface area contributed by atoms with Gasteiger partial charge < -0.3 is 9.84 Å². The second kappa shape index (κ2) is 4.14. The summed E-state index contributed by atoms with van der Waals surface area (Å²) < 4.78 is 5.67. The van der Waals surface area contributed by atoms with Crippen molar-refractivity contribution < 1.29 is 14.6 Å². The van der Waals surface area contributed by atoms with Gasteiger partial charge in [-0.25, -0.2) is 4.79 Å². The molecule has 0 amide bonds. The molecule has 2 rings (SSSR count). The largest absolute Gasteiger partial charge is 0.489 e. The van der Waals surface area contributed by atoms with Gasteiger partial charge in [-0.2, -0.15) is 0 Å². The van der Waals surface area contributed by atoms with E-state index in [1.54, 1.807) is 18.2 Å². The third kappa shape index (κ3) is 2.45. The Labute approximate surface area is 92.4 Å². The first-order valence-electron chi connectivity index (χ1n) is 4.78. The molecule has 0 bridgehead atoms. The van der Waals surface area contributed by atoms with E-state index in [1.165, 1.54) is 11.8 Å². The van der Waals surface area contributed by atoms with Crippen molar-refractivity contribution in [3.63, 3.8) is 0 Å². The minimum atomic E-state index is -0.900. The summed E-state index contributed by atoms with van der Waals surface area (Å²) in [5.74, 6) is -0.0988. The van der Waals surface area contributed by atoms with Gasteiger partial charge in [0.25, 0.3) is 0 Å². The normalized spacial score (nSPS) is 15.0. The molecule has 1 aliphatic carbocycles. The molecule has 4 heteroatoms. The third-order valence-electron chi connectivity index (χ3n) is 2.23. The predicted octanol–water partition coefficient (Wildman–Crippen LogP) is 2.65. The van der Waals surface area contributed by atoms with Gasteiger partial charge in [-0.05, 0) is 37.3 Å². The second-order valence-corrected chi connectivity index (χ2v) is 4.34. The summed E-state index contributed by atoms with van der Waals surface area (Å²) in [7, 11) is 0. The minimum absolute atomic E-state index is 0.308. The molecule has 0 atom stereocenters. The van der Waals surface area contributed by atoms with Crippen molar-refractivity contribution in [2.24, 2.45) is 0 Å². The quantitative estimate of drug-likeness (QED) is 0.799. The van der Waals surface area contributed by atoms with Crippen molar-refractivity contribution in [1.82, 2.24) is 0 Å². The average molecular weight is 224 g/mol. The Hall–Kier alpha value is -1.16. The van der Waals surface area contributed by atoms with E-state index < -0.39 is 5.97 Å². The van der Waals surface area contributed by atoms with Gasteiger partial charge in [0.05, 0.1) is 11.7 Å². The lowest BCUT2D eigenvalue weighted by atomic mass is 10.2. The number of hydrogen-bond acceptors (Lipinski definition) is 3. The summed E-state index contributed by atoms with van der Waals surface area (Å²) in [5, 5.41) is 8.84. The highest BCUT2D eigenvalue weighted by Gasteiger charge is 2.24. The van der Waals surface area contributed by atoms with E-state index in [2.05, 4.69) is 0 Å². The van der Waals surface area contributed by atoms with Gasteiger partial charge in [0, 0.05) is 4.90 Å². The first kappa shape index (κ1) is 10.4. The monoisotopic (exact) mass is 224 g/mol. The Balaban J connectivity index is 2.25. The molecule has 0 saturated heterocycles. The van der Waals surface area contributed by atoms with Crippen LogP contribution in [0.1, 0.15) is 23.2 Å². The van der Waals surface area contributed by atoms with Crippen molar-refractivity contribution in [1.29, 1.82) is 0 Å². The average Bonchev–Trinajstić information content (AvgIpc) is 3.02. The third-order valence-corrected chi connectivity index (χ3v) is 2.99. The number of hydrogen-bond donors (Lipinski definition) is 1. The number of rotatable bonds is 4. The number of carboxylic acids is 1. The SMILES string of the molecule is CSc1cc(C(=O)O)ccc1OC1CC1. The maximum atomic E-state index is 10.8. The van der Waals surface area contributed by atoms with Crippen molar-refractivity contribution in [3.05, 3.63) is 23.8 Å². The van der Waals surface area contributed by atoms with E-state index in [4.69, 9.17) is 9.84 Å². The van der Waals surface area contributed by atoms with Crippen LogP contribution in [-0.4, -0.2) is 23.4 Å². The zero-order valence-electron chi connectivity index (χ0n) is 8.40. The van der Waals surface area contributed by atoms with Crippen LogP contribution in [0.25, 0.3) is 0 Å². The number of ether oxygens (including phenoxy) is 1. The highest BCUT2D eigenvalue weighted by atomic mass is 32.2. The van der Waals surface area contributed by atoms with Crippen LogP contribution in [0.15, 0.2) is 23.1 Å². The van der Waals surface area contributed by atoms with Crippen molar-refractivity contribution in [2.45, 2.75) is 23.8 Å². The molecule has 1 aromatic rings. The van der Waals surface area contributed by atoms with Crippen molar-refractivity contribution >= 4 is 17.7 Å². The lowest BCUT2D eigenvalue weighted by Gasteiger charge is -2.09. The molecule has 1 aliphatic rings. The molecule has 3 nitrogen and oxygen atoms in total. The fourth-order valence-electron chi connectivity index (χ4n) is 1.26. The van der Waals surface area contributed by atoms with Gasteiger partial charge in [-0.3, -0.25) is 0 Å². The summed E-state index contributed by atoms with van der Waals surface area (Å²) >= 11 is 1.51. The minimum Gasteiger partial charge on any atom is -0.489 e. The van der Waals surface area contributed by atoms with Crippen LogP contribution >= 0.6 is 11.8 Å². The van der Waals surface area contributed by atoms with Crippen molar-refractivity contribution in [3.8, 4) is 5.75 Å². The van der Waals surface area contributed by atoms with Crippen LogP contribution in [0, 0.1) is 0 Å². The fraction of sp³-hybridized carbons (Fsp3) is 0.364. The molecule has 15 heavy (non-hydrogen) atoms. The van der Waals surface area contributed by atoms with Gasteiger partial charge in [0.2, 0.25) is 0 Å². The van der Waals surface area contributed by atoms with E-state index in [-0.39, 0.29) is 0 Å². The molecule has 0 unspecified atom stereocenters. The fourth-order valence-corrected chi connectivity index (χ4v) is 1.83. The molecule has 1 fully saturated rings. The van der Waals surface area contributed by atoms with E-state index in [1.807, 2.05) is 6.26 Å². The maximum Gasteiger partial charge on any atom is 0.335 e. The number of carboxylic acid groups (broad SMARTS) is 1. The molecule has 80 valence electrons. The van der Waals surface area contributed by atoms with Crippen LogP contribution in [0.2, 0.25) is 0 Å². The first-order valence-corrected chi connectivity index (χ1v) is 6.01. The van der Waals surface area contributed by atoms with Crippen LogP contribution in [-0.2, 0) is 0 Å². The lowest BCUT2D eigenvalue weighted by molar-refractivity contribution is 0.0696. The molecule has 0 spiro atoms. The Morgan fingerprint density at radius 2 is 2.27 bits per heavy atom. The highest BCUT2D eigenvalue weighted by Crippen LogP contribution is 2.34. The molecule has 1 aromatic carbocycles. The Bertz CT molecular complexity index is 385. The van der Waals surface area contributed by atoms with Gasteiger partial charge in [0.15, 0.2) is 0 Å². The number of aromatic carboxylic acids is 1. The molecule has 1 N–H and O–H groups in total. The summed E-state index contributed by atoms with van der Waals surface area (Å²) in [5.41, 5.74) is 0.308. The summed E-state index contributed by atoms with van der Waals surface area (Å²) in [4.78, 5) is 11.7. The Morgan fingerprint density at radius 3 is 2.80 bits per heavy atom. The van der Waals surface area contributed by atoms with Crippen LogP contribution in [0.4, 0.5) is 0 Å².